The molecule has 1 amide bonds. The molecule has 80 valence electrons. The fourth-order valence-electron chi connectivity index (χ4n) is 2.19. The van der Waals surface area contributed by atoms with Crippen LogP contribution >= 0.6 is 0 Å². The summed E-state index contributed by atoms with van der Waals surface area (Å²) in [6.45, 7) is 5.74. The van der Waals surface area contributed by atoms with Gasteiger partial charge in [0, 0.05) is 25.4 Å². The van der Waals surface area contributed by atoms with Crippen LogP contribution in [-0.4, -0.2) is 37.1 Å². The van der Waals surface area contributed by atoms with Crippen LogP contribution in [0.2, 0.25) is 0 Å². The highest BCUT2D eigenvalue weighted by Crippen LogP contribution is 2.20. The molecule has 0 aromatic carbocycles. The fourth-order valence-corrected chi connectivity index (χ4v) is 2.19. The Labute approximate surface area is 85.4 Å². The maximum atomic E-state index is 11.8. The van der Waals surface area contributed by atoms with Crippen LogP contribution in [0.4, 0.5) is 0 Å². The van der Waals surface area contributed by atoms with E-state index < -0.39 is 0 Å². The predicted molar refractivity (Wildman–Crippen MR) is 53.9 cm³/mol. The molecule has 1 atom stereocenters. The second-order valence-electron chi connectivity index (χ2n) is 4.69. The third kappa shape index (κ3) is 2.27. The molecular weight excluding hydrogens is 178 g/mol. The number of carbonyl (C=O) groups is 1. The quantitative estimate of drug-likeness (QED) is 0.667. The van der Waals surface area contributed by atoms with Crippen molar-refractivity contribution >= 4 is 5.91 Å². The van der Waals surface area contributed by atoms with Gasteiger partial charge < -0.3 is 9.64 Å². The topological polar surface area (TPSA) is 29.5 Å². The van der Waals surface area contributed by atoms with Crippen molar-refractivity contribution in [1.29, 1.82) is 0 Å². The molecule has 0 aromatic heterocycles. The van der Waals surface area contributed by atoms with Crippen LogP contribution in [0.25, 0.3) is 0 Å². The van der Waals surface area contributed by atoms with Gasteiger partial charge in [-0.3, -0.25) is 4.79 Å². The summed E-state index contributed by atoms with van der Waals surface area (Å²) in [5.74, 6) is 1.52. The van der Waals surface area contributed by atoms with Crippen molar-refractivity contribution in [3.05, 3.63) is 0 Å². The van der Waals surface area contributed by atoms with Crippen LogP contribution in [0.1, 0.15) is 26.2 Å². The monoisotopic (exact) mass is 197 g/mol. The maximum Gasteiger partial charge on any atom is 0.223 e. The van der Waals surface area contributed by atoms with Crippen LogP contribution < -0.4 is 0 Å². The Kier molecular flexibility index (Phi) is 3.06. The normalized spacial score (nSPS) is 28.6. The molecular formula is C11H19NO2. The third-order valence-electron chi connectivity index (χ3n) is 3.18. The number of ether oxygens (including phenoxy) is 1. The molecule has 2 saturated heterocycles. The molecule has 2 rings (SSSR count). The molecule has 14 heavy (non-hydrogen) atoms. The van der Waals surface area contributed by atoms with Crippen molar-refractivity contribution in [1.82, 2.24) is 4.90 Å². The first-order valence-electron chi connectivity index (χ1n) is 5.61. The van der Waals surface area contributed by atoms with E-state index in [0.29, 0.717) is 24.2 Å². The van der Waals surface area contributed by atoms with E-state index in [2.05, 4.69) is 6.92 Å². The van der Waals surface area contributed by atoms with Crippen LogP contribution in [0.3, 0.4) is 0 Å². The first kappa shape index (κ1) is 9.97. The summed E-state index contributed by atoms with van der Waals surface area (Å²) < 4.78 is 5.07. The molecule has 0 radical (unpaired) electrons. The zero-order valence-corrected chi connectivity index (χ0v) is 8.87. The lowest BCUT2D eigenvalue weighted by Gasteiger charge is -2.33. The molecule has 0 saturated carbocycles. The number of rotatable bonds is 2. The molecule has 2 aliphatic rings. The third-order valence-corrected chi connectivity index (χ3v) is 3.18. The van der Waals surface area contributed by atoms with Gasteiger partial charge >= 0.3 is 0 Å². The lowest BCUT2D eigenvalue weighted by Crippen LogP contribution is -2.42. The van der Waals surface area contributed by atoms with Crippen LogP contribution in [0.5, 0.6) is 0 Å². The van der Waals surface area contributed by atoms with Gasteiger partial charge in [-0.15, -0.1) is 0 Å². The minimum Gasteiger partial charge on any atom is -0.381 e. The lowest BCUT2D eigenvalue weighted by molar-refractivity contribution is -0.138. The molecule has 3 nitrogen and oxygen atoms in total. The van der Waals surface area contributed by atoms with E-state index in [1.165, 1.54) is 12.8 Å². The molecule has 0 spiro atoms. The average Bonchev–Trinajstić information content (AvgIpc) is 2.11. The highest BCUT2D eigenvalue weighted by Gasteiger charge is 2.26. The second-order valence-corrected chi connectivity index (χ2v) is 4.69. The zero-order chi connectivity index (χ0) is 9.97. The molecule has 2 fully saturated rings. The summed E-state index contributed by atoms with van der Waals surface area (Å²) in [7, 11) is 0. The predicted octanol–water partition coefficient (Wildman–Crippen LogP) is 1.28. The van der Waals surface area contributed by atoms with Crippen molar-refractivity contribution in [2.45, 2.75) is 26.2 Å². The molecule has 1 unspecified atom stereocenters. The first-order valence-corrected chi connectivity index (χ1v) is 5.61. The van der Waals surface area contributed by atoms with Gasteiger partial charge in [-0.05, 0) is 18.8 Å². The van der Waals surface area contributed by atoms with Crippen LogP contribution in [0, 0.1) is 11.8 Å². The first-order chi connectivity index (χ1) is 6.75. The molecule has 0 aromatic rings. The number of likely N-dealkylation sites (tertiary alicyclic amines) is 1. The molecule has 0 aliphatic carbocycles. The largest absolute Gasteiger partial charge is 0.381 e. The van der Waals surface area contributed by atoms with E-state index in [1.807, 2.05) is 4.90 Å². The van der Waals surface area contributed by atoms with E-state index in [9.17, 15) is 4.79 Å². The standard InChI is InChI=1S/C11H19NO2/c1-9-3-2-4-12(6-9)11(13)5-10-7-14-8-10/h9-10H,2-8H2,1H3. The molecule has 2 aliphatic heterocycles. The van der Waals surface area contributed by atoms with E-state index in [-0.39, 0.29) is 0 Å². The number of nitrogens with zero attached hydrogens (tertiary/aromatic N) is 1. The van der Waals surface area contributed by atoms with E-state index in [1.54, 1.807) is 0 Å². The zero-order valence-electron chi connectivity index (χ0n) is 8.87. The summed E-state index contributed by atoms with van der Waals surface area (Å²) in [4.78, 5) is 13.9. The Morgan fingerprint density at radius 3 is 2.86 bits per heavy atom. The molecule has 0 bridgehead atoms. The Hall–Kier alpha value is -0.570. The number of hydrogen-bond acceptors (Lipinski definition) is 2. The average molecular weight is 197 g/mol. The van der Waals surface area contributed by atoms with Crippen molar-refractivity contribution in [2.75, 3.05) is 26.3 Å². The summed E-state index contributed by atoms with van der Waals surface area (Å²) in [5, 5.41) is 0. The summed E-state index contributed by atoms with van der Waals surface area (Å²) in [5.41, 5.74) is 0. The summed E-state index contributed by atoms with van der Waals surface area (Å²) >= 11 is 0. The number of piperidine rings is 1. The van der Waals surface area contributed by atoms with Crippen molar-refractivity contribution in [2.24, 2.45) is 11.8 Å². The van der Waals surface area contributed by atoms with E-state index in [4.69, 9.17) is 4.74 Å². The number of carbonyl (C=O) groups excluding carboxylic acids is 1. The van der Waals surface area contributed by atoms with E-state index in [0.717, 1.165) is 26.3 Å². The van der Waals surface area contributed by atoms with Gasteiger partial charge in [-0.25, -0.2) is 0 Å². The summed E-state index contributed by atoms with van der Waals surface area (Å²) in [6, 6.07) is 0. The van der Waals surface area contributed by atoms with Crippen molar-refractivity contribution < 1.29 is 9.53 Å². The lowest BCUT2D eigenvalue weighted by atomic mass is 9.98. The maximum absolute atomic E-state index is 11.8. The minimum atomic E-state index is 0.338. The van der Waals surface area contributed by atoms with Gasteiger partial charge in [0.1, 0.15) is 0 Å². The molecule has 2 heterocycles. The number of amides is 1. The highest BCUT2D eigenvalue weighted by atomic mass is 16.5. The Balaban J connectivity index is 1.77. The SMILES string of the molecule is CC1CCCN(C(=O)CC2COC2)C1. The molecule has 0 N–H and O–H groups in total. The number of hydrogen-bond donors (Lipinski definition) is 0. The molecule has 3 heteroatoms. The Morgan fingerprint density at radius 1 is 1.50 bits per heavy atom. The van der Waals surface area contributed by atoms with Gasteiger partial charge in [0.2, 0.25) is 5.91 Å². The van der Waals surface area contributed by atoms with E-state index >= 15 is 0 Å². The van der Waals surface area contributed by atoms with Gasteiger partial charge in [0.15, 0.2) is 0 Å². The smallest absolute Gasteiger partial charge is 0.223 e. The van der Waals surface area contributed by atoms with Crippen molar-refractivity contribution in [3.63, 3.8) is 0 Å². The fraction of sp³-hybridized carbons (Fsp3) is 0.909. The van der Waals surface area contributed by atoms with Gasteiger partial charge in [-0.2, -0.15) is 0 Å². The van der Waals surface area contributed by atoms with Crippen LogP contribution in [0.15, 0.2) is 0 Å². The van der Waals surface area contributed by atoms with Crippen molar-refractivity contribution in [3.8, 4) is 0 Å². The highest BCUT2D eigenvalue weighted by molar-refractivity contribution is 5.76. The van der Waals surface area contributed by atoms with Gasteiger partial charge in [0.25, 0.3) is 0 Å². The van der Waals surface area contributed by atoms with Gasteiger partial charge in [0.05, 0.1) is 13.2 Å². The minimum absolute atomic E-state index is 0.338. The Bertz CT molecular complexity index is 213. The van der Waals surface area contributed by atoms with Crippen LogP contribution in [-0.2, 0) is 9.53 Å². The Morgan fingerprint density at radius 2 is 2.29 bits per heavy atom. The van der Waals surface area contributed by atoms with Gasteiger partial charge in [-0.1, -0.05) is 6.92 Å². The second kappa shape index (κ2) is 4.30. The summed E-state index contributed by atoms with van der Waals surface area (Å²) in [6.07, 6.45) is 3.15.